The van der Waals surface area contributed by atoms with E-state index in [9.17, 15) is 4.79 Å². The van der Waals surface area contributed by atoms with Gasteiger partial charge < -0.3 is 10.0 Å². The fourth-order valence-corrected chi connectivity index (χ4v) is 2.45. The first-order chi connectivity index (χ1) is 8.65. The van der Waals surface area contributed by atoms with Crippen LogP contribution in [0.3, 0.4) is 0 Å². The number of hydrogen-bond acceptors (Lipinski definition) is 2. The summed E-state index contributed by atoms with van der Waals surface area (Å²) in [6.45, 7) is 4.97. The van der Waals surface area contributed by atoms with Gasteiger partial charge in [-0.2, -0.15) is 0 Å². The highest BCUT2D eigenvalue weighted by molar-refractivity contribution is 5.85. The van der Waals surface area contributed by atoms with Gasteiger partial charge in [0.1, 0.15) is 0 Å². The van der Waals surface area contributed by atoms with Crippen LogP contribution < -0.4 is 0 Å². The van der Waals surface area contributed by atoms with Gasteiger partial charge in [0.05, 0.1) is 5.92 Å². The molecule has 0 amide bonds. The SMILES string of the molecule is Cc1ccc(CCN2CCC(C(=O)O)CC2)cc1.Cl. The van der Waals surface area contributed by atoms with Crippen LogP contribution in [0.4, 0.5) is 0 Å². The molecule has 1 aromatic carbocycles. The lowest BCUT2D eigenvalue weighted by Gasteiger charge is -2.29. The van der Waals surface area contributed by atoms with Crippen molar-refractivity contribution in [2.45, 2.75) is 26.2 Å². The van der Waals surface area contributed by atoms with Crippen LogP contribution in [0.2, 0.25) is 0 Å². The highest BCUT2D eigenvalue weighted by atomic mass is 35.5. The van der Waals surface area contributed by atoms with E-state index in [1.54, 1.807) is 0 Å². The van der Waals surface area contributed by atoms with Crippen LogP contribution in [-0.2, 0) is 11.2 Å². The van der Waals surface area contributed by atoms with Crippen LogP contribution in [0.25, 0.3) is 0 Å². The van der Waals surface area contributed by atoms with Crippen molar-refractivity contribution in [1.82, 2.24) is 4.90 Å². The fraction of sp³-hybridized carbons (Fsp3) is 0.533. The first-order valence-corrected chi connectivity index (χ1v) is 6.66. The van der Waals surface area contributed by atoms with Gasteiger partial charge >= 0.3 is 5.97 Å². The zero-order valence-corrected chi connectivity index (χ0v) is 12.2. The normalized spacial score (nSPS) is 16.9. The average Bonchev–Trinajstić information content (AvgIpc) is 2.38. The molecule has 106 valence electrons. The molecule has 0 aromatic heterocycles. The number of carboxylic acid groups (broad SMARTS) is 1. The molecular weight excluding hydrogens is 262 g/mol. The summed E-state index contributed by atoms with van der Waals surface area (Å²) in [6, 6.07) is 8.65. The Labute approximate surface area is 121 Å². The van der Waals surface area contributed by atoms with Crippen molar-refractivity contribution in [3.05, 3.63) is 35.4 Å². The topological polar surface area (TPSA) is 40.5 Å². The number of aryl methyl sites for hydroxylation is 1. The monoisotopic (exact) mass is 283 g/mol. The number of halogens is 1. The van der Waals surface area contributed by atoms with Crippen molar-refractivity contribution < 1.29 is 9.90 Å². The molecule has 0 bridgehead atoms. The van der Waals surface area contributed by atoms with Gasteiger partial charge in [-0.3, -0.25) is 4.79 Å². The molecule has 0 aliphatic carbocycles. The molecule has 19 heavy (non-hydrogen) atoms. The number of aliphatic carboxylic acids is 1. The van der Waals surface area contributed by atoms with Crippen molar-refractivity contribution in [3.8, 4) is 0 Å². The van der Waals surface area contributed by atoms with Gasteiger partial charge in [-0.15, -0.1) is 12.4 Å². The summed E-state index contributed by atoms with van der Waals surface area (Å²) in [5.41, 5.74) is 2.65. The summed E-state index contributed by atoms with van der Waals surface area (Å²) < 4.78 is 0. The molecule has 0 spiro atoms. The van der Waals surface area contributed by atoms with E-state index in [1.165, 1.54) is 11.1 Å². The second-order valence-corrected chi connectivity index (χ2v) is 5.19. The van der Waals surface area contributed by atoms with Crippen molar-refractivity contribution >= 4 is 18.4 Å². The third-order valence-corrected chi connectivity index (χ3v) is 3.77. The van der Waals surface area contributed by atoms with Crippen LogP contribution in [-0.4, -0.2) is 35.6 Å². The Bertz CT molecular complexity index is 397. The van der Waals surface area contributed by atoms with Gasteiger partial charge in [0.2, 0.25) is 0 Å². The van der Waals surface area contributed by atoms with Crippen molar-refractivity contribution in [2.24, 2.45) is 5.92 Å². The third-order valence-electron chi connectivity index (χ3n) is 3.77. The number of hydrogen-bond donors (Lipinski definition) is 1. The van der Waals surface area contributed by atoms with E-state index in [2.05, 4.69) is 36.1 Å². The lowest BCUT2D eigenvalue weighted by Crippen LogP contribution is -2.37. The Hall–Kier alpha value is -1.06. The Morgan fingerprint density at radius 2 is 1.84 bits per heavy atom. The van der Waals surface area contributed by atoms with Crippen LogP contribution in [0.1, 0.15) is 24.0 Å². The zero-order valence-electron chi connectivity index (χ0n) is 11.3. The first-order valence-electron chi connectivity index (χ1n) is 6.66. The Kier molecular flexibility index (Phi) is 6.32. The van der Waals surface area contributed by atoms with E-state index in [-0.39, 0.29) is 18.3 Å². The number of nitrogens with zero attached hydrogens (tertiary/aromatic N) is 1. The summed E-state index contributed by atoms with van der Waals surface area (Å²) in [6.07, 6.45) is 2.64. The van der Waals surface area contributed by atoms with Crippen molar-refractivity contribution in [1.29, 1.82) is 0 Å². The third kappa shape index (κ3) is 4.84. The largest absolute Gasteiger partial charge is 0.481 e. The van der Waals surface area contributed by atoms with Gasteiger partial charge in [0.25, 0.3) is 0 Å². The highest BCUT2D eigenvalue weighted by Gasteiger charge is 2.23. The maximum atomic E-state index is 10.9. The first kappa shape index (κ1) is 16.0. The predicted molar refractivity (Wildman–Crippen MR) is 78.9 cm³/mol. The minimum atomic E-state index is -0.631. The lowest BCUT2D eigenvalue weighted by molar-refractivity contribution is -0.143. The summed E-state index contributed by atoms with van der Waals surface area (Å²) in [7, 11) is 0. The van der Waals surface area contributed by atoms with E-state index < -0.39 is 5.97 Å². The maximum absolute atomic E-state index is 10.9. The number of rotatable bonds is 4. The summed E-state index contributed by atoms with van der Waals surface area (Å²) in [4.78, 5) is 13.2. The molecule has 4 heteroatoms. The fourth-order valence-electron chi connectivity index (χ4n) is 2.45. The van der Waals surface area contributed by atoms with Crippen LogP contribution in [0.5, 0.6) is 0 Å². The van der Waals surface area contributed by atoms with E-state index in [1.807, 2.05) is 0 Å². The summed E-state index contributed by atoms with van der Waals surface area (Å²) in [5, 5.41) is 8.94. The molecule has 1 heterocycles. The molecule has 0 atom stereocenters. The number of carboxylic acids is 1. The molecule has 1 saturated heterocycles. The predicted octanol–water partition coefficient (Wildman–Crippen LogP) is 2.76. The van der Waals surface area contributed by atoms with Crippen molar-refractivity contribution in [2.75, 3.05) is 19.6 Å². The average molecular weight is 284 g/mol. The molecular formula is C15H22ClNO2. The molecule has 1 aromatic rings. The second kappa shape index (κ2) is 7.51. The minimum Gasteiger partial charge on any atom is -0.481 e. The Morgan fingerprint density at radius 3 is 2.37 bits per heavy atom. The van der Waals surface area contributed by atoms with Gasteiger partial charge in [0.15, 0.2) is 0 Å². The standard InChI is InChI=1S/C15H21NO2.ClH/c1-12-2-4-13(5-3-12)6-9-16-10-7-14(8-11-16)15(17)18;/h2-5,14H,6-11H2,1H3,(H,17,18);1H. The maximum Gasteiger partial charge on any atom is 0.306 e. The van der Waals surface area contributed by atoms with Crippen LogP contribution in [0.15, 0.2) is 24.3 Å². The number of likely N-dealkylation sites (tertiary alicyclic amines) is 1. The minimum absolute atomic E-state index is 0. The lowest BCUT2D eigenvalue weighted by atomic mass is 9.97. The van der Waals surface area contributed by atoms with Gasteiger partial charge in [-0.1, -0.05) is 29.8 Å². The summed E-state index contributed by atoms with van der Waals surface area (Å²) in [5.74, 6) is -0.756. The molecule has 1 N–H and O–H groups in total. The van der Waals surface area contributed by atoms with Gasteiger partial charge in [-0.05, 0) is 44.8 Å². The van der Waals surface area contributed by atoms with Gasteiger partial charge in [0, 0.05) is 6.54 Å². The van der Waals surface area contributed by atoms with Crippen molar-refractivity contribution in [3.63, 3.8) is 0 Å². The molecule has 1 fully saturated rings. The number of carbonyl (C=O) groups is 1. The van der Waals surface area contributed by atoms with E-state index >= 15 is 0 Å². The molecule has 0 saturated carbocycles. The summed E-state index contributed by atoms with van der Waals surface area (Å²) >= 11 is 0. The van der Waals surface area contributed by atoms with Gasteiger partial charge in [-0.25, -0.2) is 0 Å². The molecule has 1 aliphatic heterocycles. The molecule has 0 unspecified atom stereocenters. The molecule has 2 rings (SSSR count). The number of benzene rings is 1. The van der Waals surface area contributed by atoms with E-state index in [0.717, 1.165) is 38.9 Å². The van der Waals surface area contributed by atoms with E-state index in [4.69, 9.17) is 5.11 Å². The Balaban J connectivity index is 0.00000180. The second-order valence-electron chi connectivity index (χ2n) is 5.19. The van der Waals surface area contributed by atoms with E-state index in [0.29, 0.717) is 0 Å². The molecule has 1 aliphatic rings. The van der Waals surface area contributed by atoms with Crippen LogP contribution >= 0.6 is 12.4 Å². The van der Waals surface area contributed by atoms with Crippen LogP contribution in [0, 0.1) is 12.8 Å². The zero-order chi connectivity index (χ0) is 13.0. The molecule has 3 nitrogen and oxygen atoms in total. The highest BCUT2D eigenvalue weighted by Crippen LogP contribution is 2.17. The molecule has 0 radical (unpaired) electrons. The smallest absolute Gasteiger partial charge is 0.306 e. The Morgan fingerprint density at radius 1 is 1.26 bits per heavy atom. The number of piperidine rings is 1. The quantitative estimate of drug-likeness (QED) is 0.924.